The maximum absolute atomic E-state index is 13.4. The molecule has 7 heteroatoms. The molecular formula is C25H43N3O3S. The molecule has 32 heavy (non-hydrogen) atoms. The van der Waals surface area contributed by atoms with E-state index in [1.807, 2.05) is 33.8 Å². The van der Waals surface area contributed by atoms with Gasteiger partial charge < -0.3 is 10.2 Å². The lowest BCUT2D eigenvalue weighted by molar-refractivity contribution is -0.126. The number of aryl methyl sites for hydroxylation is 2. The fourth-order valence-corrected chi connectivity index (χ4v) is 6.69. The Bertz CT molecular complexity index is 860. The van der Waals surface area contributed by atoms with Crippen molar-refractivity contribution in [2.75, 3.05) is 32.7 Å². The first kappa shape index (κ1) is 26.8. The van der Waals surface area contributed by atoms with Crippen molar-refractivity contribution >= 4 is 15.9 Å². The first-order chi connectivity index (χ1) is 15.0. The highest BCUT2D eigenvalue weighted by Gasteiger charge is 2.34. The quantitative estimate of drug-likeness (QED) is 0.568. The maximum atomic E-state index is 13.4. The second-order valence-corrected chi connectivity index (χ2v) is 11.2. The van der Waals surface area contributed by atoms with Crippen LogP contribution in [0, 0.1) is 33.6 Å². The average molecular weight is 466 g/mol. The van der Waals surface area contributed by atoms with E-state index in [0.29, 0.717) is 30.8 Å². The van der Waals surface area contributed by atoms with Crippen LogP contribution in [0.25, 0.3) is 0 Å². The molecule has 0 radical (unpaired) electrons. The van der Waals surface area contributed by atoms with Crippen molar-refractivity contribution in [2.45, 2.75) is 85.1 Å². The summed E-state index contributed by atoms with van der Waals surface area (Å²) in [6.45, 7) is 18.0. The van der Waals surface area contributed by atoms with Crippen LogP contribution in [0.3, 0.4) is 0 Å². The third kappa shape index (κ3) is 6.33. The number of carbonyl (C=O) groups is 1. The summed E-state index contributed by atoms with van der Waals surface area (Å²) < 4.78 is 28.4. The normalized spacial score (nSPS) is 17.0. The highest BCUT2D eigenvalue weighted by molar-refractivity contribution is 7.89. The number of rotatable bonds is 10. The fraction of sp³-hybridized carbons (Fsp3) is 0.720. The van der Waals surface area contributed by atoms with Gasteiger partial charge in [0.1, 0.15) is 0 Å². The summed E-state index contributed by atoms with van der Waals surface area (Å²) in [7, 11) is -3.57. The van der Waals surface area contributed by atoms with Crippen molar-refractivity contribution in [1.82, 2.24) is 14.5 Å². The zero-order valence-electron chi connectivity index (χ0n) is 21.1. The molecular weight excluding hydrogens is 422 g/mol. The lowest BCUT2D eigenvalue weighted by atomic mass is 9.96. The molecule has 0 aliphatic carbocycles. The van der Waals surface area contributed by atoms with E-state index >= 15 is 0 Å². The predicted octanol–water partition coefficient (Wildman–Crippen LogP) is 3.95. The average Bonchev–Trinajstić information content (AvgIpc) is 2.75. The molecule has 1 amide bonds. The maximum Gasteiger partial charge on any atom is 0.243 e. The highest BCUT2D eigenvalue weighted by atomic mass is 32.2. The Balaban J connectivity index is 1.93. The molecule has 1 fully saturated rings. The molecule has 6 nitrogen and oxygen atoms in total. The molecule has 2 rings (SSSR count). The molecule has 0 spiro atoms. The van der Waals surface area contributed by atoms with Gasteiger partial charge in [-0.25, -0.2) is 8.42 Å². The van der Waals surface area contributed by atoms with Crippen molar-refractivity contribution in [2.24, 2.45) is 5.92 Å². The Hall–Kier alpha value is -1.44. The Morgan fingerprint density at radius 3 is 2.12 bits per heavy atom. The van der Waals surface area contributed by atoms with Crippen LogP contribution in [0.1, 0.15) is 68.7 Å². The number of hydrogen-bond acceptors (Lipinski definition) is 4. The van der Waals surface area contributed by atoms with Gasteiger partial charge in [0.25, 0.3) is 0 Å². The first-order valence-electron chi connectivity index (χ1n) is 12.1. The van der Waals surface area contributed by atoms with E-state index in [-0.39, 0.29) is 17.9 Å². The molecule has 0 unspecified atom stereocenters. The number of amides is 1. The lowest BCUT2D eigenvalue weighted by Gasteiger charge is -2.32. The summed E-state index contributed by atoms with van der Waals surface area (Å²) in [5, 5.41) is 3.15. The number of carbonyl (C=O) groups excluding carboxylic acids is 1. The second kappa shape index (κ2) is 11.6. The minimum atomic E-state index is -3.57. The molecule has 1 heterocycles. The number of benzene rings is 1. The minimum absolute atomic E-state index is 0.0659. The molecule has 0 bridgehead atoms. The predicted molar refractivity (Wildman–Crippen MR) is 131 cm³/mol. The number of sulfonamides is 1. The van der Waals surface area contributed by atoms with Crippen molar-refractivity contribution in [1.29, 1.82) is 0 Å². The van der Waals surface area contributed by atoms with Gasteiger partial charge in [0, 0.05) is 25.0 Å². The molecule has 1 atom stereocenters. The van der Waals surface area contributed by atoms with Crippen molar-refractivity contribution < 1.29 is 13.2 Å². The molecule has 1 aromatic carbocycles. The van der Waals surface area contributed by atoms with Crippen LogP contribution in [-0.2, 0) is 14.8 Å². The van der Waals surface area contributed by atoms with Crippen LogP contribution in [0.4, 0.5) is 0 Å². The Labute approximate surface area is 195 Å². The Kier molecular flexibility index (Phi) is 9.73. The summed E-state index contributed by atoms with van der Waals surface area (Å²) >= 11 is 0. The van der Waals surface area contributed by atoms with E-state index in [2.05, 4.69) is 31.0 Å². The SMILES string of the molecule is CCN(CC)CCC[C@@H](C)NC(=O)C1CCN(S(=O)(=O)c2c(C)c(C)cc(C)c2C)CC1. The van der Waals surface area contributed by atoms with Crippen molar-refractivity contribution in [3.05, 3.63) is 28.3 Å². The number of piperidine rings is 1. The van der Waals surface area contributed by atoms with Gasteiger partial charge in [-0.1, -0.05) is 19.9 Å². The second-order valence-electron chi connectivity index (χ2n) is 9.35. The molecule has 1 aliphatic heterocycles. The van der Waals surface area contributed by atoms with Crippen LogP contribution in [0.2, 0.25) is 0 Å². The summed E-state index contributed by atoms with van der Waals surface area (Å²) in [4.78, 5) is 15.6. The molecule has 182 valence electrons. The summed E-state index contributed by atoms with van der Waals surface area (Å²) in [5.41, 5.74) is 3.64. The van der Waals surface area contributed by atoms with E-state index < -0.39 is 10.0 Å². The summed E-state index contributed by atoms with van der Waals surface area (Å²) in [5.74, 6) is -0.0516. The molecule has 1 aromatic rings. The van der Waals surface area contributed by atoms with E-state index in [1.165, 1.54) is 0 Å². The van der Waals surface area contributed by atoms with Gasteiger partial charge in [-0.05, 0) is 102 Å². The van der Waals surface area contributed by atoms with E-state index in [0.717, 1.165) is 54.7 Å². The molecule has 1 aliphatic rings. The third-order valence-electron chi connectivity index (χ3n) is 7.11. The van der Waals surface area contributed by atoms with Crippen LogP contribution in [0.15, 0.2) is 11.0 Å². The standard InChI is InChI=1S/C25H43N3O3S/c1-8-27(9-2)14-10-11-20(5)26-25(29)23-12-15-28(16-13-23)32(30,31)24-21(6)18(3)17-19(4)22(24)7/h17,20,23H,8-16H2,1-7H3,(H,26,29)/t20-/m1/s1. The van der Waals surface area contributed by atoms with E-state index in [1.54, 1.807) is 4.31 Å². The lowest BCUT2D eigenvalue weighted by Crippen LogP contribution is -2.45. The minimum Gasteiger partial charge on any atom is -0.353 e. The molecule has 1 N–H and O–H groups in total. The van der Waals surface area contributed by atoms with Crippen molar-refractivity contribution in [3.8, 4) is 0 Å². The summed E-state index contributed by atoms with van der Waals surface area (Å²) in [6.07, 6.45) is 3.16. The first-order valence-corrected chi connectivity index (χ1v) is 13.6. The largest absolute Gasteiger partial charge is 0.353 e. The zero-order valence-corrected chi connectivity index (χ0v) is 21.9. The Morgan fingerprint density at radius 1 is 1.09 bits per heavy atom. The van der Waals surface area contributed by atoms with Crippen LogP contribution in [0.5, 0.6) is 0 Å². The monoisotopic (exact) mass is 465 g/mol. The number of hydrogen-bond donors (Lipinski definition) is 1. The Morgan fingerprint density at radius 2 is 1.62 bits per heavy atom. The van der Waals surface area contributed by atoms with Gasteiger partial charge in [-0.15, -0.1) is 0 Å². The van der Waals surface area contributed by atoms with Gasteiger partial charge in [-0.2, -0.15) is 4.31 Å². The smallest absolute Gasteiger partial charge is 0.243 e. The fourth-order valence-electron chi connectivity index (χ4n) is 4.65. The highest BCUT2D eigenvalue weighted by Crippen LogP contribution is 2.31. The van der Waals surface area contributed by atoms with Gasteiger partial charge >= 0.3 is 0 Å². The zero-order chi connectivity index (χ0) is 24.1. The molecule has 0 saturated carbocycles. The van der Waals surface area contributed by atoms with Gasteiger partial charge in [0.15, 0.2) is 0 Å². The van der Waals surface area contributed by atoms with Crippen LogP contribution in [-0.4, -0.2) is 62.3 Å². The number of nitrogens with zero attached hydrogens (tertiary/aromatic N) is 2. The van der Waals surface area contributed by atoms with E-state index in [9.17, 15) is 13.2 Å². The van der Waals surface area contributed by atoms with Gasteiger partial charge in [-0.3, -0.25) is 4.79 Å². The van der Waals surface area contributed by atoms with Crippen LogP contribution < -0.4 is 5.32 Å². The van der Waals surface area contributed by atoms with Gasteiger partial charge in [0.2, 0.25) is 15.9 Å². The van der Waals surface area contributed by atoms with Crippen molar-refractivity contribution in [3.63, 3.8) is 0 Å². The number of nitrogens with one attached hydrogen (secondary N) is 1. The molecule has 0 aromatic heterocycles. The third-order valence-corrected chi connectivity index (χ3v) is 9.29. The van der Waals surface area contributed by atoms with E-state index in [4.69, 9.17) is 0 Å². The topological polar surface area (TPSA) is 69.7 Å². The van der Waals surface area contributed by atoms with Gasteiger partial charge in [0.05, 0.1) is 4.90 Å². The summed E-state index contributed by atoms with van der Waals surface area (Å²) in [6, 6.07) is 2.18. The van der Waals surface area contributed by atoms with Crippen LogP contribution >= 0.6 is 0 Å². The molecule has 1 saturated heterocycles.